The molecule has 0 bridgehead atoms. The van der Waals surface area contributed by atoms with Crippen molar-refractivity contribution in [2.24, 2.45) is 0 Å². The maximum Gasteiger partial charge on any atom is 0.167 e. The van der Waals surface area contributed by atoms with E-state index in [9.17, 15) is 4.39 Å². The molecule has 0 saturated carbocycles. The van der Waals surface area contributed by atoms with Crippen molar-refractivity contribution < 1.29 is 4.39 Å². The normalized spacial score (nSPS) is 9.73. The van der Waals surface area contributed by atoms with Crippen molar-refractivity contribution in [3.05, 3.63) is 35.4 Å². The van der Waals surface area contributed by atoms with Crippen molar-refractivity contribution >= 4 is 17.2 Å². The van der Waals surface area contributed by atoms with Gasteiger partial charge >= 0.3 is 0 Å². The van der Waals surface area contributed by atoms with Crippen LogP contribution in [0.1, 0.15) is 12.5 Å². The second-order valence-electron chi connectivity index (χ2n) is 2.24. The summed E-state index contributed by atoms with van der Waals surface area (Å²) in [5.41, 5.74) is 1.07. The molecule has 0 radical (unpaired) electrons. The van der Waals surface area contributed by atoms with Crippen LogP contribution < -0.4 is 0 Å². The number of aromatic nitrogens is 1. The molecule has 0 atom stereocenters. The van der Waals surface area contributed by atoms with Crippen LogP contribution in [0.5, 0.6) is 0 Å². The molecule has 1 heterocycles. The zero-order valence-electron chi connectivity index (χ0n) is 6.06. The Bertz CT molecular complexity index is 296. The summed E-state index contributed by atoms with van der Waals surface area (Å²) in [4.78, 5) is 3.57. The second kappa shape index (κ2) is 3.01. The molecule has 0 N–H and O–H groups in total. The fourth-order valence-corrected chi connectivity index (χ4v) is 0.906. The van der Waals surface area contributed by atoms with Gasteiger partial charge in [0.15, 0.2) is 11.0 Å². The zero-order chi connectivity index (χ0) is 8.43. The van der Waals surface area contributed by atoms with E-state index >= 15 is 0 Å². The number of pyridine rings is 1. The summed E-state index contributed by atoms with van der Waals surface area (Å²) in [6.07, 6.45) is 1.45. The lowest BCUT2D eigenvalue weighted by molar-refractivity contribution is 0.618. The molecule has 58 valence electrons. The standard InChI is InChI=1S/C8H7ClFN/c1-5(2)6-3-4-11-8(9)7(6)10/h3-4H,1H2,2H3. The first kappa shape index (κ1) is 8.21. The average molecular weight is 172 g/mol. The lowest BCUT2D eigenvalue weighted by Gasteiger charge is -2.00. The van der Waals surface area contributed by atoms with Crippen molar-refractivity contribution in [3.8, 4) is 0 Å². The first-order valence-corrected chi connectivity index (χ1v) is 3.46. The molecular weight excluding hydrogens is 165 g/mol. The Morgan fingerprint density at radius 1 is 1.73 bits per heavy atom. The smallest absolute Gasteiger partial charge is 0.167 e. The van der Waals surface area contributed by atoms with Gasteiger partial charge in [-0.15, -0.1) is 0 Å². The SMILES string of the molecule is C=C(C)c1ccnc(Cl)c1F. The lowest BCUT2D eigenvalue weighted by Crippen LogP contribution is -1.89. The summed E-state index contributed by atoms with van der Waals surface area (Å²) in [5, 5.41) is -0.106. The van der Waals surface area contributed by atoms with E-state index in [-0.39, 0.29) is 5.15 Å². The Labute approximate surface area is 69.5 Å². The van der Waals surface area contributed by atoms with Crippen LogP contribution in [-0.4, -0.2) is 4.98 Å². The molecule has 11 heavy (non-hydrogen) atoms. The van der Waals surface area contributed by atoms with Crippen LogP contribution in [0, 0.1) is 5.82 Å². The average Bonchev–Trinajstić information content (AvgIpc) is 1.94. The molecule has 0 aliphatic carbocycles. The third-order valence-corrected chi connectivity index (χ3v) is 1.57. The van der Waals surface area contributed by atoms with Crippen LogP contribution in [0.25, 0.3) is 5.57 Å². The molecule has 0 spiro atoms. The summed E-state index contributed by atoms with van der Waals surface area (Å²) in [6.45, 7) is 5.32. The van der Waals surface area contributed by atoms with Crippen molar-refractivity contribution in [1.82, 2.24) is 4.98 Å². The summed E-state index contributed by atoms with van der Waals surface area (Å²) >= 11 is 5.43. The van der Waals surface area contributed by atoms with Crippen LogP contribution in [0.15, 0.2) is 18.8 Å². The Balaban J connectivity index is 3.27. The van der Waals surface area contributed by atoms with Gasteiger partial charge in [0, 0.05) is 11.8 Å². The third-order valence-electron chi connectivity index (χ3n) is 1.31. The Morgan fingerprint density at radius 2 is 2.36 bits per heavy atom. The van der Waals surface area contributed by atoms with Gasteiger partial charge in [-0.25, -0.2) is 9.37 Å². The number of rotatable bonds is 1. The number of halogens is 2. The van der Waals surface area contributed by atoms with Gasteiger partial charge in [0.1, 0.15) is 0 Å². The summed E-state index contributed by atoms with van der Waals surface area (Å²) in [6, 6.07) is 1.55. The minimum Gasteiger partial charge on any atom is -0.242 e. The molecule has 0 aliphatic heterocycles. The van der Waals surface area contributed by atoms with E-state index < -0.39 is 5.82 Å². The van der Waals surface area contributed by atoms with Gasteiger partial charge < -0.3 is 0 Å². The summed E-state index contributed by atoms with van der Waals surface area (Å²) in [5.74, 6) is -0.498. The van der Waals surface area contributed by atoms with Crippen molar-refractivity contribution in [1.29, 1.82) is 0 Å². The highest BCUT2D eigenvalue weighted by molar-refractivity contribution is 6.29. The van der Waals surface area contributed by atoms with E-state index in [0.29, 0.717) is 11.1 Å². The van der Waals surface area contributed by atoms with Gasteiger partial charge in [-0.3, -0.25) is 0 Å². The van der Waals surface area contributed by atoms with Crippen molar-refractivity contribution in [3.63, 3.8) is 0 Å². The molecule has 0 aromatic carbocycles. The number of hydrogen-bond acceptors (Lipinski definition) is 1. The topological polar surface area (TPSA) is 12.9 Å². The predicted molar refractivity (Wildman–Crippen MR) is 43.9 cm³/mol. The van der Waals surface area contributed by atoms with Gasteiger partial charge in [-0.1, -0.05) is 18.2 Å². The number of allylic oxidation sites excluding steroid dienone is 1. The molecule has 1 rings (SSSR count). The van der Waals surface area contributed by atoms with Crippen LogP contribution in [-0.2, 0) is 0 Å². The quantitative estimate of drug-likeness (QED) is 0.592. The molecule has 3 heteroatoms. The highest BCUT2D eigenvalue weighted by Gasteiger charge is 2.06. The fraction of sp³-hybridized carbons (Fsp3) is 0.125. The molecule has 0 unspecified atom stereocenters. The van der Waals surface area contributed by atoms with Crippen LogP contribution in [0.4, 0.5) is 4.39 Å². The molecular formula is C8H7ClFN. The molecule has 1 nitrogen and oxygen atoms in total. The Hall–Kier alpha value is -0.890. The van der Waals surface area contributed by atoms with Gasteiger partial charge in [0.05, 0.1) is 0 Å². The monoisotopic (exact) mass is 171 g/mol. The minimum absolute atomic E-state index is 0.106. The Kier molecular flexibility index (Phi) is 2.25. The molecule has 0 amide bonds. The minimum atomic E-state index is -0.498. The summed E-state index contributed by atoms with van der Waals surface area (Å²) < 4.78 is 13.0. The van der Waals surface area contributed by atoms with Gasteiger partial charge in [-0.2, -0.15) is 0 Å². The maximum atomic E-state index is 13.0. The summed E-state index contributed by atoms with van der Waals surface area (Å²) in [7, 11) is 0. The molecule has 0 saturated heterocycles. The van der Waals surface area contributed by atoms with E-state index in [2.05, 4.69) is 11.6 Å². The fourth-order valence-electron chi connectivity index (χ4n) is 0.748. The molecule has 1 aromatic rings. The van der Waals surface area contributed by atoms with Crippen molar-refractivity contribution in [2.75, 3.05) is 0 Å². The maximum absolute atomic E-state index is 13.0. The van der Waals surface area contributed by atoms with Crippen LogP contribution in [0.3, 0.4) is 0 Å². The van der Waals surface area contributed by atoms with Gasteiger partial charge in [0.25, 0.3) is 0 Å². The van der Waals surface area contributed by atoms with Crippen molar-refractivity contribution in [2.45, 2.75) is 6.92 Å². The first-order valence-electron chi connectivity index (χ1n) is 3.09. The number of hydrogen-bond donors (Lipinski definition) is 0. The van der Waals surface area contributed by atoms with E-state index in [0.717, 1.165) is 0 Å². The van der Waals surface area contributed by atoms with E-state index in [1.165, 1.54) is 6.20 Å². The van der Waals surface area contributed by atoms with E-state index in [1.54, 1.807) is 13.0 Å². The van der Waals surface area contributed by atoms with E-state index in [4.69, 9.17) is 11.6 Å². The van der Waals surface area contributed by atoms with E-state index in [1.807, 2.05) is 0 Å². The number of nitrogens with zero attached hydrogens (tertiary/aromatic N) is 1. The lowest BCUT2D eigenvalue weighted by atomic mass is 10.1. The predicted octanol–water partition coefficient (Wildman–Crippen LogP) is 2.91. The highest BCUT2D eigenvalue weighted by atomic mass is 35.5. The van der Waals surface area contributed by atoms with Crippen LogP contribution >= 0.6 is 11.6 Å². The first-order chi connectivity index (χ1) is 5.13. The molecule has 0 fully saturated rings. The molecule has 1 aromatic heterocycles. The van der Waals surface area contributed by atoms with Gasteiger partial charge in [-0.05, 0) is 18.6 Å². The third kappa shape index (κ3) is 1.57. The second-order valence-corrected chi connectivity index (χ2v) is 2.60. The largest absolute Gasteiger partial charge is 0.242 e. The molecule has 0 aliphatic rings. The van der Waals surface area contributed by atoms with Crippen LogP contribution in [0.2, 0.25) is 5.15 Å². The van der Waals surface area contributed by atoms with Gasteiger partial charge in [0.2, 0.25) is 0 Å². The Morgan fingerprint density at radius 3 is 2.82 bits per heavy atom. The highest BCUT2D eigenvalue weighted by Crippen LogP contribution is 2.20. The zero-order valence-corrected chi connectivity index (χ0v) is 6.82.